The third-order valence-electron chi connectivity index (χ3n) is 15.7. The fourth-order valence-electron chi connectivity index (χ4n) is 11.6. The van der Waals surface area contributed by atoms with E-state index in [1.165, 1.54) is 23.8 Å². The zero-order valence-electron chi connectivity index (χ0n) is 47.2. The Labute approximate surface area is 488 Å². The number of aromatic nitrogens is 4. The zero-order chi connectivity index (χ0) is 59.4. The molecule has 1 aliphatic carbocycles. The van der Waals surface area contributed by atoms with Crippen molar-refractivity contribution in [2.24, 2.45) is 0 Å². The van der Waals surface area contributed by atoms with Crippen LogP contribution in [0, 0.1) is 6.92 Å². The Kier molecular flexibility index (Phi) is 16.8. The van der Waals surface area contributed by atoms with Gasteiger partial charge in [0.1, 0.15) is 73.2 Å². The first-order valence-electron chi connectivity index (χ1n) is 27.8. The monoisotopic (exact) mass is 1150 g/mol. The van der Waals surface area contributed by atoms with E-state index in [0.717, 1.165) is 43.5 Å². The van der Waals surface area contributed by atoms with E-state index in [-0.39, 0.29) is 68.5 Å². The molecule has 6 atom stereocenters. The largest absolute Gasteiger partial charge is 0.508 e. The van der Waals surface area contributed by atoms with Crippen LogP contribution in [0.15, 0.2) is 174 Å². The number of aliphatic hydroxyl groups excluding tert-OH is 1. The molecule has 2 saturated heterocycles. The van der Waals surface area contributed by atoms with E-state index < -0.39 is 71.9 Å². The Bertz CT molecular complexity index is 3790. The van der Waals surface area contributed by atoms with Gasteiger partial charge in [0.15, 0.2) is 0 Å². The van der Waals surface area contributed by atoms with Gasteiger partial charge in [-0.1, -0.05) is 122 Å². The molecular weight excluding hydrogens is 1090 g/mol. The van der Waals surface area contributed by atoms with Crippen molar-refractivity contribution in [2.75, 3.05) is 46.0 Å². The van der Waals surface area contributed by atoms with Crippen LogP contribution in [-0.2, 0) is 50.1 Å². The average Bonchev–Trinajstić information content (AvgIpc) is 2.82. The van der Waals surface area contributed by atoms with Crippen LogP contribution in [0.1, 0.15) is 77.1 Å². The van der Waals surface area contributed by atoms with Crippen LogP contribution in [0.2, 0.25) is 0 Å². The SMILES string of the molecule is C=CCOC(=O)OC[C@H]1O[C@@H](n2cc(C)c(=O)n(Cc3ccc4c(ncn4[C@H]4C[C@H](O)[C@@H](COC(c5ccccc5)(c5ccc(OC)cc5)c5ccc(OC)cc5)O4)c3NC(=O)OCC3c4ccccc4-c4ccccc43)c2=O)C[C@@H]1OC(C)=O. The summed E-state index contributed by atoms with van der Waals surface area (Å²) in [5.74, 6) is 0.436. The minimum atomic E-state index is -1.20. The van der Waals surface area contributed by atoms with Gasteiger partial charge >= 0.3 is 23.9 Å². The van der Waals surface area contributed by atoms with Gasteiger partial charge in [-0.05, 0) is 81.8 Å². The molecule has 6 aromatic carbocycles. The topological polar surface area (TPSA) is 228 Å². The van der Waals surface area contributed by atoms with E-state index in [1.54, 1.807) is 44.2 Å². The second-order valence-corrected chi connectivity index (χ2v) is 20.9. The summed E-state index contributed by atoms with van der Waals surface area (Å²) < 4.78 is 56.9. The van der Waals surface area contributed by atoms with Crippen LogP contribution in [-0.4, -0.2) is 107 Å². The maximum atomic E-state index is 14.7. The van der Waals surface area contributed by atoms with Crippen LogP contribution < -0.4 is 26.0 Å². The number of benzene rings is 6. The van der Waals surface area contributed by atoms with E-state index in [1.807, 2.05) is 127 Å². The molecule has 0 radical (unpaired) electrons. The number of carbonyl (C=O) groups excluding carboxylic acids is 3. The molecule has 20 nitrogen and oxygen atoms in total. The number of rotatable bonds is 20. The molecule has 0 saturated carbocycles. The molecule has 2 N–H and O–H groups in total. The van der Waals surface area contributed by atoms with Gasteiger partial charge in [-0.3, -0.25) is 24.0 Å². The maximum Gasteiger partial charge on any atom is 0.508 e. The molecule has 1 amide bonds. The lowest BCUT2D eigenvalue weighted by atomic mass is 9.80. The summed E-state index contributed by atoms with van der Waals surface area (Å²) in [7, 11) is 3.21. The van der Waals surface area contributed by atoms with Crippen molar-refractivity contribution in [3.63, 3.8) is 0 Å². The van der Waals surface area contributed by atoms with E-state index >= 15 is 0 Å². The molecule has 4 heterocycles. The smallest absolute Gasteiger partial charge is 0.497 e. The van der Waals surface area contributed by atoms with Crippen molar-refractivity contribution in [3.05, 3.63) is 224 Å². The van der Waals surface area contributed by atoms with Gasteiger partial charge in [-0.2, -0.15) is 0 Å². The van der Waals surface area contributed by atoms with Crippen molar-refractivity contribution in [1.82, 2.24) is 18.7 Å². The van der Waals surface area contributed by atoms with Gasteiger partial charge in [-0.15, -0.1) is 0 Å². The second kappa shape index (κ2) is 24.9. The molecule has 2 aliphatic heterocycles. The maximum absolute atomic E-state index is 14.7. The summed E-state index contributed by atoms with van der Waals surface area (Å²) in [5.41, 5.74) is 5.31. The number of ether oxygens (including phenoxy) is 9. The standard InChI is InChI=1S/C65H63N5O15/c1-6-30-79-64(76)81-36-56-54(83-40(3)71)32-58(85-56)68-33-39(2)61(73)69(63(68)75)34-41-20-29-52-60(59(41)67-62(74)80-35-51-49-18-12-10-16-47(49)48-17-11-13-19-50(48)51)66-38-70(52)57-31-53(72)55(84-57)37-82-65(42-14-8-7-9-15-42,43-21-25-45(77-4)26-22-43)44-23-27-46(78-5)28-24-44/h6-29,33,38,51,53-58,72H,1,30-32,34-37H2,2-5H3,(H,67,74)/t53-,54-,55+,56+,57+,58+/m0/s1. The van der Waals surface area contributed by atoms with Crippen molar-refractivity contribution < 1.29 is 62.1 Å². The highest BCUT2D eigenvalue weighted by Gasteiger charge is 2.44. The summed E-state index contributed by atoms with van der Waals surface area (Å²) in [6, 6.07) is 44.4. The number of hydrogen-bond donors (Lipinski definition) is 2. The Morgan fingerprint density at radius 2 is 1.34 bits per heavy atom. The Morgan fingerprint density at radius 3 is 1.98 bits per heavy atom. The zero-order valence-corrected chi connectivity index (χ0v) is 47.2. The summed E-state index contributed by atoms with van der Waals surface area (Å²) >= 11 is 0. The van der Waals surface area contributed by atoms with E-state index in [2.05, 4.69) is 11.9 Å². The number of carbonyl (C=O) groups is 3. The number of esters is 1. The lowest BCUT2D eigenvalue weighted by Crippen LogP contribution is -2.42. The number of nitrogens with zero attached hydrogens (tertiary/aromatic N) is 4. The summed E-state index contributed by atoms with van der Waals surface area (Å²) in [6.45, 7) is 5.36. The highest BCUT2D eigenvalue weighted by Crippen LogP contribution is 2.46. The molecule has 0 unspecified atom stereocenters. The Balaban J connectivity index is 0.911. The summed E-state index contributed by atoms with van der Waals surface area (Å²) in [4.78, 5) is 72.5. The predicted molar refractivity (Wildman–Crippen MR) is 312 cm³/mol. The van der Waals surface area contributed by atoms with Gasteiger partial charge in [0.2, 0.25) is 0 Å². The lowest BCUT2D eigenvalue weighted by molar-refractivity contribution is -0.150. The van der Waals surface area contributed by atoms with E-state index in [9.17, 15) is 29.1 Å². The van der Waals surface area contributed by atoms with Crippen LogP contribution in [0.25, 0.3) is 22.2 Å². The number of fused-ring (bicyclic) bond motifs is 4. The number of methoxy groups -OCH3 is 2. The van der Waals surface area contributed by atoms with Crippen LogP contribution in [0.3, 0.4) is 0 Å². The first-order chi connectivity index (χ1) is 41.3. The van der Waals surface area contributed by atoms with Crippen molar-refractivity contribution >= 4 is 34.9 Å². The predicted octanol–water partition coefficient (Wildman–Crippen LogP) is 9.31. The number of nitrogens with one attached hydrogen (secondary N) is 1. The summed E-state index contributed by atoms with van der Waals surface area (Å²) in [6.07, 6.45) is -3.11. The third kappa shape index (κ3) is 11.6. The van der Waals surface area contributed by atoms with Crippen LogP contribution >= 0.6 is 0 Å². The highest BCUT2D eigenvalue weighted by molar-refractivity contribution is 5.98. The average molecular weight is 1150 g/mol. The molecule has 3 aliphatic rings. The lowest BCUT2D eigenvalue weighted by Gasteiger charge is -2.37. The van der Waals surface area contributed by atoms with Gasteiger partial charge in [0, 0.05) is 37.4 Å². The van der Waals surface area contributed by atoms with Gasteiger partial charge in [0.05, 0.1) is 51.0 Å². The first-order valence-corrected chi connectivity index (χ1v) is 27.8. The fraction of sp³-hybridized carbons (Fsp3) is 0.292. The van der Waals surface area contributed by atoms with Crippen LogP contribution in [0.4, 0.5) is 15.3 Å². The normalized spacial score (nSPS) is 19.0. The molecule has 85 heavy (non-hydrogen) atoms. The molecule has 2 fully saturated rings. The minimum absolute atomic E-state index is 0.0147. The molecule has 0 spiro atoms. The summed E-state index contributed by atoms with van der Waals surface area (Å²) in [5, 5.41) is 14.8. The quantitative estimate of drug-likeness (QED) is 0.0313. The van der Waals surface area contributed by atoms with Crippen molar-refractivity contribution in [3.8, 4) is 22.6 Å². The van der Waals surface area contributed by atoms with E-state index in [4.69, 9.17) is 47.6 Å². The number of aryl methyl sites for hydroxylation is 1. The van der Waals surface area contributed by atoms with E-state index in [0.29, 0.717) is 22.6 Å². The molecule has 20 heteroatoms. The second-order valence-electron chi connectivity index (χ2n) is 20.9. The van der Waals surface area contributed by atoms with Crippen molar-refractivity contribution in [1.29, 1.82) is 0 Å². The minimum Gasteiger partial charge on any atom is -0.497 e. The fourth-order valence-corrected chi connectivity index (χ4v) is 11.6. The molecule has 8 aromatic rings. The van der Waals surface area contributed by atoms with Crippen LogP contribution in [0.5, 0.6) is 11.5 Å². The van der Waals surface area contributed by atoms with Gasteiger partial charge in [0.25, 0.3) is 5.56 Å². The Morgan fingerprint density at radius 1 is 0.729 bits per heavy atom. The van der Waals surface area contributed by atoms with Gasteiger partial charge in [-0.25, -0.2) is 19.4 Å². The Hall–Kier alpha value is -9.34. The van der Waals surface area contributed by atoms with Crippen molar-refractivity contribution in [2.45, 2.75) is 81.6 Å². The number of anilines is 1. The molecule has 11 rings (SSSR count). The number of amides is 1. The molecule has 438 valence electrons. The number of aliphatic hydroxyl groups is 1. The molecular formula is C65H63N5O15. The third-order valence-corrected chi connectivity index (χ3v) is 15.7. The molecule has 2 aromatic heterocycles. The number of imidazole rings is 1. The highest BCUT2D eigenvalue weighted by atomic mass is 16.7. The first kappa shape index (κ1) is 57.5. The molecule has 0 bridgehead atoms. The number of hydrogen-bond acceptors (Lipinski definition) is 16. The van der Waals surface area contributed by atoms with Gasteiger partial charge < -0.3 is 52.3 Å².